The lowest BCUT2D eigenvalue weighted by Crippen LogP contribution is -2.44. The second-order valence-electron chi connectivity index (χ2n) is 5.34. The molecule has 3 N–H and O–H groups in total. The van der Waals surface area contributed by atoms with E-state index in [0.717, 1.165) is 12.8 Å². The van der Waals surface area contributed by atoms with E-state index in [4.69, 9.17) is 18.0 Å². The van der Waals surface area contributed by atoms with Gasteiger partial charge in [-0.15, -0.1) is 0 Å². The lowest BCUT2D eigenvalue weighted by molar-refractivity contribution is -0.123. The molecule has 1 aliphatic rings. The molecule has 1 rings (SSSR count). The monoisotopic (exact) mass is 271 g/mol. The lowest BCUT2D eigenvalue weighted by atomic mass is 9.95. The molecule has 1 amide bonds. The SMILES string of the molecule is CC(CC(N)=S)N(C)CC(=O)NC1CCCCC1. The highest BCUT2D eigenvalue weighted by atomic mass is 32.1. The summed E-state index contributed by atoms with van der Waals surface area (Å²) >= 11 is 4.89. The van der Waals surface area contributed by atoms with E-state index in [1.54, 1.807) is 0 Å². The Morgan fingerprint density at radius 3 is 2.61 bits per heavy atom. The van der Waals surface area contributed by atoms with Crippen molar-refractivity contribution in [3.8, 4) is 0 Å². The van der Waals surface area contributed by atoms with E-state index in [0.29, 0.717) is 24.0 Å². The first-order valence-electron chi connectivity index (χ1n) is 6.77. The summed E-state index contributed by atoms with van der Waals surface area (Å²) in [6.45, 7) is 2.45. The summed E-state index contributed by atoms with van der Waals surface area (Å²) in [4.78, 5) is 14.4. The van der Waals surface area contributed by atoms with Gasteiger partial charge in [-0.05, 0) is 26.8 Å². The third kappa shape index (κ3) is 5.78. The van der Waals surface area contributed by atoms with Crippen molar-refractivity contribution in [3.63, 3.8) is 0 Å². The van der Waals surface area contributed by atoms with Gasteiger partial charge in [-0.2, -0.15) is 0 Å². The molecule has 0 aromatic rings. The second kappa shape index (κ2) is 7.69. The fourth-order valence-electron chi connectivity index (χ4n) is 2.35. The van der Waals surface area contributed by atoms with Gasteiger partial charge in [-0.25, -0.2) is 0 Å². The molecule has 104 valence electrons. The largest absolute Gasteiger partial charge is 0.393 e. The highest BCUT2D eigenvalue weighted by Crippen LogP contribution is 2.17. The lowest BCUT2D eigenvalue weighted by Gasteiger charge is -2.27. The van der Waals surface area contributed by atoms with E-state index in [9.17, 15) is 4.79 Å². The Morgan fingerprint density at radius 2 is 2.06 bits per heavy atom. The van der Waals surface area contributed by atoms with Crippen LogP contribution in [0.4, 0.5) is 0 Å². The molecule has 0 aromatic carbocycles. The normalized spacial score (nSPS) is 18.6. The summed E-state index contributed by atoms with van der Waals surface area (Å²) in [6, 6.07) is 0.588. The maximum absolute atomic E-state index is 11.9. The van der Waals surface area contributed by atoms with E-state index < -0.39 is 0 Å². The summed E-state index contributed by atoms with van der Waals surface area (Å²) in [6.07, 6.45) is 6.67. The smallest absolute Gasteiger partial charge is 0.234 e. The van der Waals surface area contributed by atoms with Gasteiger partial charge in [-0.3, -0.25) is 9.69 Å². The Kier molecular flexibility index (Phi) is 6.57. The van der Waals surface area contributed by atoms with Crippen molar-refractivity contribution in [2.45, 2.75) is 57.5 Å². The van der Waals surface area contributed by atoms with E-state index in [1.165, 1.54) is 19.3 Å². The summed E-state index contributed by atoms with van der Waals surface area (Å²) in [7, 11) is 1.93. The molecule has 1 atom stereocenters. The van der Waals surface area contributed by atoms with Crippen molar-refractivity contribution in [2.75, 3.05) is 13.6 Å². The summed E-state index contributed by atoms with van der Waals surface area (Å²) in [5.74, 6) is 0.110. The predicted molar refractivity (Wildman–Crippen MR) is 78.5 cm³/mol. The van der Waals surface area contributed by atoms with Gasteiger partial charge in [-0.1, -0.05) is 31.5 Å². The Balaban J connectivity index is 2.27. The summed E-state index contributed by atoms with van der Waals surface area (Å²) in [5, 5.41) is 3.11. The van der Waals surface area contributed by atoms with Gasteiger partial charge in [0.25, 0.3) is 0 Å². The minimum absolute atomic E-state index is 0.110. The maximum atomic E-state index is 11.9. The first-order chi connectivity index (χ1) is 8.49. The standard InChI is InChI=1S/C13H25N3OS/c1-10(8-12(14)18)16(2)9-13(17)15-11-6-4-3-5-7-11/h10-11H,3-9H2,1-2H3,(H2,14,18)(H,15,17). The third-order valence-electron chi connectivity index (χ3n) is 3.61. The highest BCUT2D eigenvalue weighted by Gasteiger charge is 2.18. The van der Waals surface area contributed by atoms with E-state index >= 15 is 0 Å². The Labute approximate surface area is 115 Å². The van der Waals surface area contributed by atoms with Crippen LogP contribution in [0.15, 0.2) is 0 Å². The Morgan fingerprint density at radius 1 is 1.44 bits per heavy atom. The number of hydrogen-bond donors (Lipinski definition) is 2. The minimum atomic E-state index is 0.110. The Bertz CT molecular complexity index is 290. The van der Waals surface area contributed by atoms with Crippen LogP contribution in [0.5, 0.6) is 0 Å². The van der Waals surface area contributed by atoms with Gasteiger partial charge >= 0.3 is 0 Å². The van der Waals surface area contributed by atoms with Gasteiger partial charge < -0.3 is 11.1 Å². The zero-order valence-electron chi connectivity index (χ0n) is 11.4. The quantitative estimate of drug-likeness (QED) is 0.718. The first kappa shape index (κ1) is 15.4. The van der Waals surface area contributed by atoms with Crippen molar-refractivity contribution in [1.29, 1.82) is 0 Å². The molecule has 1 aliphatic carbocycles. The minimum Gasteiger partial charge on any atom is -0.393 e. The van der Waals surface area contributed by atoms with Crippen LogP contribution in [0, 0.1) is 0 Å². The zero-order chi connectivity index (χ0) is 13.5. The third-order valence-corrected chi connectivity index (χ3v) is 3.78. The summed E-state index contributed by atoms with van der Waals surface area (Å²) in [5.41, 5.74) is 5.52. The number of amides is 1. The van der Waals surface area contributed by atoms with Crippen molar-refractivity contribution >= 4 is 23.1 Å². The number of hydrogen-bond acceptors (Lipinski definition) is 3. The van der Waals surface area contributed by atoms with Gasteiger partial charge in [0, 0.05) is 18.5 Å². The van der Waals surface area contributed by atoms with Crippen LogP contribution in [0.2, 0.25) is 0 Å². The zero-order valence-corrected chi connectivity index (χ0v) is 12.3. The molecule has 0 aliphatic heterocycles. The molecule has 1 unspecified atom stereocenters. The molecule has 5 heteroatoms. The topological polar surface area (TPSA) is 58.4 Å². The number of nitrogens with zero attached hydrogens (tertiary/aromatic N) is 1. The van der Waals surface area contributed by atoms with Crippen LogP contribution < -0.4 is 11.1 Å². The fourth-order valence-corrected chi connectivity index (χ4v) is 2.59. The van der Waals surface area contributed by atoms with Gasteiger partial charge in [0.2, 0.25) is 5.91 Å². The molecular weight excluding hydrogens is 246 g/mol. The van der Waals surface area contributed by atoms with Crippen molar-refractivity contribution in [3.05, 3.63) is 0 Å². The summed E-state index contributed by atoms with van der Waals surface area (Å²) < 4.78 is 0. The molecule has 0 aromatic heterocycles. The van der Waals surface area contributed by atoms with Gasteiger partial charge in [0.1, 0.15) is 0 Å². The molecule has 0 radical (unpaired) electrons. The fraction of sp³-hybridized carbons (Fsp3) is 0.846. The molecule has 1 fully saturated rings. The highest BCUT2D eigenvalue weighted by molar-refractivity contribution is 7.80. The van der Waals surface area contributed by atoms with E-state index in [1.807, 2.05) is 18.9 Å². The number of rotatable bonds is 6. The molecule has 1 saturated carbocycles. The number of likely N-dealkylation sites (N-methyl/N-ethyl adjacent to an activating group) is 1. The number of thiocarbonyl (C=S) groups is 1. The number of nitrogens with two attached hydrogens (primary N) is 1. The molecule has 0 spiro atoms. The first-order valence-corrected chi connectivity index (χ1v) is 7.17. The average Bonchev–Trinajstić information content (AvgIpc) is 2.29. The van der Waals surface area contributed by atoms with Crippen LogP contribution in [-0.4, -0.2) is 41.5 Å². The van der Waals surface area contributed by atoms with E-state index in [-0.39, 0.29) is 11.9 Å². The number of carbonyl (C=O) groups is 1. The van der Waals surface area contributed by atoms with Crippen LogP contribution in [0.1, 0.15) is 45.4 Å². The predicted octanol–water partition coefficient (Wildman–Crippen LogP) is 1.43. The number of nitrogens with one attached hydrogen (secondary N) is 1. The van der Waals surface area contributed by atoms with Crippen LogP contribution in [0.3, 0.4) is 0 Å². The number of carbonyl (C=O) groups excluding carboxylic acids is 1. The van der Waals surface area contributed by atoms with Gasteiger partial charge in [0.15, 0.2) is 0 Å². The molecular formula is C13H25N3OS. The van der Waals surface area contributed by atoms with Crippen molar-refractivity contribution in [1.82, 2.24) is 10.2 Å². The average molecular weight is 271 g/mol. The second-order valence-corrected chi connectivity index (χ2v) is 5.86. The molecule has 18 heavy (non-hydrogen) atoms. The maximum Gasteiger partial charge on any atom is 0.234 e. The van der Waals surface area contributed by atoms with E-state index in [2.05, 4.69) is 5.32 Å². The van der Waals surface area contributed by atoms with Crippen molar-refractivity contribution < 1.29 is 4.79 Å². The van der Waals surface area contributed by atoms with Crippen LogP contribution in [-0.2, 0) is 4.79 Å². The molecule has 0 saturated heterocycles. The molecule has 4 nitrogen and oxygen atoms in total. The van der Waals surface area contributed by atoms with Gasteiger partial charge in [0.05, 0.1) is 11.5 Å². The molecule has 0 bridgehead atoms. The van der Waals surface area contributed by atoms with Crippen molar-refractivity contribution in [2.24, 2.45) is 5.73 Å². The molecule has 0 heterocycles. The Hall–Kier alpha value is -0.680. The van der Waals surface area contributed by atoms with Crippen LogP contribution in [0.25, 0.3) is 0 Å². The van der Waals surface area contributed by atoms with Crippen LogP contribution >= 0.6 is 12.2 Å².